The molecule has 0 saturated heterocycles. The molecular formula is C17H26N4O2. The third-order valence-electron chi connectivity index (χ3n) is 3.10. The standard InChI is InChI=1S/C16H22N4O2.CH4/c1-4-5-7-18-16-15(10-19-12(2)20-16)22-11-13-9-14(21-3)6-8-17-13;/h6,8-10H,4-5,7,11H2,1-3H3,(H,18,19,20);1H4. The van der Waals surface area contributed by atoms with E-state index in [0.717, 1.165) is 36.6 Å². The molecule has 0 aromatic carbocycles. The number of aryl methyl sites for hydroxylation is 1. The second-order valence-electron chi connectivity index (χ2n) is 4.89. The van der Waals surface area contributed by atoms with Gasteiger partial charge in [-0.2, -0.15) is 0 Å². The summed E-state index contributed by atoms with van der Waals surface area (Å²) < 4.78 is 11.0. The second kappa shape index (κ2) is 9.61. The molecule has 126 valence electrons. The lowest BCUT2D eigenvalue weighted by Gasteiger charge is -2.12. The second-order valence-corrected chi connectivity index (χ2v) is 4.89. The molecule has 0 aliphatic heterocycles. The molecule has 0 saturated carbocycles. The van der Waals surface area contributed by atoms with Crippen molar-refractivity contribution in [3.63, 3.8) is 0 Å². The molecule has 0 aliphatic carbocycles. The molecule has 23 heavy (non-hydrogen) atoms. The molecule has 2 aromatic rings. The monoisotopic (exact) mass is 318 g/mol. The molecule has 0 amide bonds. The van der Waals surface area contributed by atoms with Crippen LogP contribution in [0.4, 0.5) is 5.82 Å². The topological polar surface area (TPSA) is 69.2 Å². The van der Waals surface area contributed by atoms with Crippen LogP contribution in [0.2, 0.25) is 0 Å². The predicted octanol–water partition coefficient (Wildman–Crippen LogP) is 3.62. The number of anilines is 1. The van der Waals surface area contributed by atoms with Crippen molar-refractivity contribution in [2.45, 2.75) is 40.7 Å². The van der Waals surface area contributed by atoms with Crippen LogP contribution >= 0.6 is 0 Å². The first-order valence-corrected chi connectivity index (χ1v) is 7.42. The quantitative estimate of drug-likeness (QED) is 0.750. The summed E-state index contributed by atoms with van der Waals surface area (Å²) in [6.07, 6.45) is 5.60. The minimum absolute atomic E-state index is 0. The van der Waals surface area contributed by atoms with Crippen LogP contribution in [0.15, 0.2) is 24.5 Å². The van der Waals surface area contributed by atoms with Crippen molar-refractivity contribution in [2.24, 2.45) is 0 Å². The molecule has 0 unspecified atom stereocenters. The molecule has 0 aliphatic rings. The Labute approximate surface area is 138 Å². The molecule has 6 heteroatoms. The summed E-state index contributed by atoms with van der Waals surface area (Å²) in [5.41, 5.74) is 0.791. The van der Waals surface area contributed by atoms with Crippen LogP contribution in [0, 0.1) is 6.92 Å². The molecular weight excluding hydrogens is 292 g/mol. The molecule has 0 fully saturated rings. The van der Waals surface area contributed by atoms with Crippen molar-refractivity contribution in [3.8, 4) is 11.5 Å². The minimum Gasteiger partial charge on any atom is -0.497 e. The Bertz CT molecular complexity index is 605. The molecule has 0 atom stereocenters. The van der Waals surface area contributed by atoms with Gasteiger partial charge in [0, 0.05) is 18.8 Å². The van der Waals surface area contributed by atoms with Crippen molar-refractivity contribution in [1.82, 2.24) is 15.0 Å². The van der Waals surface area contributed by atoms with Crippen LogP contribution in [0.25, 0.3) is 0 Å². The number of nitrogens with zero attached hydrogens (tertiary/aromatic N) is 3. The lowest BCUT2D eigenvalue weighted by Crippen LogP contribution is -2.08. The number of nitrogens with one attached hydrogen (secondary N) is 1. The molecule has 0 spiro atoms. The number of pyridine rings is 1. The average molecular weight is 318 g/mol. The fourth-order valence-corrected chi connectivity index (χ4v) is 1.89. The summed E-state index contributed by atoms with van der Waals surface area (Å²) in [5.74, 6) is 2.83. The van der Waals surface area contributed by atoms with E-state index in [9.17, 15) is 0 Å². The van der Waals surface area contributed by atoms with Crippen molar-refractivity contribution in [1.29, 1.82) is 0 Å². The number of hydrogen-bond acceptors (Lipinski definition) is 6. The maximum absolute atomic E-state index is 5.80. The van der Waals surface area contributed by atoms with Crippen LogP contribution in [0.1, 0.15) is 38.7 Å². The molecule has 1 N–H and O–H groups in total. The Morgan fingerprint density at radius 1 is 1.26 bits per heavy atom. The van der Waals surface area contributed by atoms with Gasteiger partial charge in [-0.05, 0) is 19.4 Å². The number of unbranched alkanes of at least 4 members (excludes halogenated alkanes) is 1. The Morgan fingerprint density at radius 2 is 2.09 bits per heavy atom. The lowest BCUT2D eigenvalue weighted by molar-refractivity contribution is 0.299. The summed E-state index contributed by atoms with van der Waals surface area (Å²) in [5, 5.41) is 3.29. The number of ether oxygens (including phenoxy) is 2. The van der Waals surface area contributed by atoms with E-state index < -0.39 is 0 Å². The first kappa shape index (κ1) is 18.7. The highest BCUT2D eigenvalue weighted by atomic mass is 16.5. The van der Waals surface area contributed by atoms with Gasteiger partial charge in [0.25, 0.3) is 0 Å². The van der Waals surface area contributed by atoms with Gasteiger partial charge in [-0.1, -0.05) is 20.8 Å². The van der Waals surface area contributed by atoms with E-state index in [0.29, 0.717) is 18.2 Å². The van der Waals surface area contributed by atoms with Crippen LogP contribution in [-0.2, 0) is 6.61 Å². The fourth-order valence-electron chi connectivity index (χ4n) is 1.89. The predicted molar refractivity (Wildman–Crippen MR) is 92.0 cm³/mol. The summed E-state index contributed by atoms with van der Waals surface area (Å²) in [7, 11) is 1.63. The van der Waals surface area contributed by atoms with Gasteiger partial charge < -0.3 is 14.8 Å². The van der Waals surface area contributed by atoms with Crippen molar-refractivity contribution in [2.75, 3.05) is 19.0 Å². The maximum Gasteiger partial charge on any atom is 0.180 e. The first-order chi connectivity index (χ1) is 10.7. The minimum atomic E-state index is 0. The van der Waals surface area contributed by atoms with Gasteiger partial charge in [0.1, 0.15) is 18.2 Å². The molecule has 6 nitrogen and oxygen atoms in total. The van der Waals surface area contributed by atoms with Gasteiger partial charge in [-0.25, -0.2) is 9.97 Å². The lowest BCUT2D eigenvalue weighted by atomic mass is 10.3. The third kappa shape index (κ3) is 5.73. The van der Waals surface area contributed by atoms with E-state index >= 15 is 0 Å². The van der Waals surface area contributed by atoms with Gasteiger partial charge >= 0.3 is 0 Å². The first-order valence-electron chi connectivity index (χ1n) is 7.42. The van der Waals surface area contributed by atoms with E-state index in [1.165, 1.54) is 0 Å². The molecule has 2 aromatic heterocycles. The van der Waals surface area contributed by atoms with Crippen LogP contribution < -0.4 is 14.8 Å². The van der Waals surface area contributed by atoms with E-state index in [1.807, 2.05) is 13.0 Å². The van der Waals surface area contributed by atoms with Crippen LogP contribution in [0.5, 0.6) is 11.5 Å². The van der Waals surface area contributed by atoms with Gasteiger partial charge in [0.15, 0.2) is 11.6 Å². The van der Waals surface area contributed by atoms with Crippen molar-refractivity contribution < 1.29 is 9.47 Å². The summed E-state index contributed by atoms with van der Waals surface area (Å²) in [4.78, 5) is 12.9. The zero-order valence-corrected chi connectivity index (χ0v) is 13.3. The SMILES string of the molecule is C.CCCCNc1nc(C)ncc1OCc1cc(OC)ccn1. The van der Waals surface area contributed by atoms with Crippen molar-refractivity contribution >= 4 is 5.82 Å². The maximum atomic E-state index is 5.80. The highest BCUT2D eigenvalue weighted by molar-refractivity contribution is 5.48. The van der Waals surface area contributed by atoms with E-state index in [-0.39, 0.29) is 7.43 Å². The smallest absolute Gasteiger partial charge is 0.180 e. The number of rotatable bonds is 8. The van der Waals surface area contributed by atoms with Crippen LogP contribution in [-0.4, -0.2) is 28.6 Å². The van der Waals surface area contributed by atoms with Crippen LogP contribution in [0.3, 0.4) is 0 Å². The molecule has 0 bridgehead atoms. The van der Waals surface area contributed by atoms with E-state index in [1.54, 1.807) is 25.6 Å². The van der Waals surface area contributed by atoms with Gasteiger partial charge in [-0.3, -0.25) is 4.98 Å². The number of aromatic nitrogens is 3. The van der Waals surface area contributed by atoms with E-state index in [2.05, 4.69) is 27.2 Å². The van der Waals surface area contributed by atoms with Gasteiger partial charge in [-0.15, -0.1) is 0 Å². The normalized spacial score (nSPS) is 9.87. The third-order valence-corrected chi connectivity index (χ3v) is 3.10. The number of hydrogen-bond donors (Lipinski definition) is 1. The Morgan fingerprint density at radius 3 is 2.83 bits per heavy atom. The average Bonchev–Trinajstić information content (AvgIpc) is 2.54. The zero-order chi connectivity index (χ0) is 15.8. The Balaban J connectivity index is 0.00000264. The fraction of sp³-hybridized carbons (Fsp3) is 0.471. The summed E-state index contributed by atoms with van der Waals surface area (Å²) in [6.45, 7) is 5.21. The summed E-state index contributed by atoms with van der Waals surface area (Å²) >= 11 is 0. The molecule has 2 heterocycles. The summed E-state index contributed by atoms with van der Waals surface area (Å²) in [6, 6.07) is 3.65. The number of methoxy groups -OCH3 is 1. The Hall–Kier alpha value is -2.37. The Kier molecular flexibility index (Phi) is 7.80. The molecule has 0 radical (unpaired) electrons. The largest absolute Gasteiger partial charge is 0.497 e. The zero-order valence-electron chi connectivity index (χ0n) is 13.3. The van der Waals surface area contributed by atoms with Gasteiger partial charge in [0.05, 0.1) is 19.0 Å². The highest BCUT2D eigenvalue weighted by Gasteiger charge is 2.08. The van der Waals surface area contributed by atoms with Crippen molar-refractivity contribution in [3.05, 3.63) is 36.0 Å². The highest BCUT2D eigenvalue weighted by Crippen LogP contribution is 2.22. The van der Waals surface area contributed by atoms with E-state index in [4.69, 9.17) is 9.47 Å². The van der Waals surface area contributed by atoms with Gasteiger partial charge in [0.2, 0.25) is 0 Å². The molecule has 2 rings (SSSR count).